The van der Waals surface area contributed by atoms with Crippen LogP contribution < -0.4 is 15.1 Å². The molecule has 0 aliphatic heterocycles. The van der Waals surface area contributed by atoms with Gasteiger partial charge in [-0.25, -0.2) is 14.6 Å². The van der Waals surface area contributed by atoms with Crippen LogP contribution >= 0.6 is 11.9 Å². The molecule has 3 heterocycles. The lowest BCUT2D eigenvalue weighted by atomic mass is 10.2. The molecule has 3 aromatic heterocycles. The minimum atomic E-state index is 0.122. The quantitative estimate of drug-likeness (QED) is 0.233. The zero-order chi connectivity index (χ0) is 28.2. The molecular formula is C27H35N7O4S. The number of aryl methyl sites for hydroxylation is 4. The van der Waals surface area contributed by atoms with Crippen molar-refractivity contribution in [2.24, 2.45) is 11.4 Å². The van der Waals surface area contributed by atoms with Gasteiger partial charge in [0.25, 0.3) is 0 Å². The Hall–Kier alpha value is -3.74. The predicted octanol–water partition coefficient (Wildman–Crippen LogP) is 3.11. The third-order valence-electron chi connectivity index (χ3n) is 5.40. The third-order valence-corrected chi connectivity index (χ3v) is 6.08. The summed E-state index contributed by atoms with van der Waals surface area (Å²) in [5.74, 6) is 3.49. The lowest BCUT2D eigenvalue weighted by Gasteiger charge is -2.15. The maximum Gasteiger partial charge on any atom is 0.239 e. The molecule has 12 heteroatoms. The van der Waals surface area contributed by atoms with Crippen molar-refractivity contribution >= 4 is 11.9 Å². The van der Waals surface area contributed by atoms with Gasteiger partial charge >= 0.3 is 0 Å². The molecule has 0 aliphatic carbocycles. The van der Waals surface area contributed by atoms with Crippen molar-refractivity contribution < 1.29 is 19.3 Å². The monoisotopic (exact) mass is 553 g/mol. The first-order valence-corrected chi connectivity index (χ1v) is 13.2. The fourth-order valence-electron chi connectivity index (χ4n) is 3.57. The van der Waals surface area contributed by atoms with E-state index in [9.17, 15) is 0 Å². The number of hydrogen-bond acceptors (Lipinski definition) is 10. The maximum absolute atomic E-state index is 7.94. The second kappa shape index (κ2) is 15.0. The van der Waals surface area contributed by atoms with Gasteiger partial charge in [-0.15, -0.1) is 0 Å². The topological polar surface area (TPSA) is 122 Å². The van der Waals surface area contributed by atoms with E-state index in [0.29, 0.717) is 36.0 Å². The Morgan fingerprint density at radius 2 is 1.67 bits per heavy atom. The summed E-state index contributed by atoms with van der Waals surface area (Å²) in [5, 5.41) is 12.7. The molecule has 0 bridgehead atoms. The SMILES string of the molecule is COCCO.COc1cccc(OC)c1-n1c(-c2cncc(C)c2)nn(C)/c1=N\SCCc1ncc(C)cn1. The summed E-state index contributed by atoms with van der Waals surface area (Å²) < 4.78 is 24.4. The summed E-state index contributed by atoms with van der Waals surface area (Å²) in [6.07, 6.45) is 7.97. The van der Waals surface area contributed by atoms with Crippen LogP contribution in [0.25, 0.3) is 17.1 Å². The van der Waals surface area contributed by atoms with E-state index in [2.05, 4.69) is 19.7 Å². The molecule has 0 radical (unpaired) electrons. The molecule has 4 aromatic rings. The Morgan fingerprint density at radius 3 is 2.23 bits per heavy atom. The summed E-state index contributed by atoms with van der Waals surface area (Å²) >= 11 is 1.43. The van der Waals surface area contributed by atoms with Crippen LogP contribution in [0.2, 0.25) is 0 Å². The number of nitrogens with zero attached hydrogens (tertiary/aromatic N) is 7. The van der Waals surface area contributed by atoms with E-state index in [1.807, 2.05) is 68.3 Å². The van der Waals surface area contributed by atoms with E-state index in [0.717, 1.165) is 34.0 Å². The van der Waals surface area contributed by atoms with Gasteiger partial charge < -0.3 is 19.3 Å². The molecule has 0 saturated carbocycles. The number of pyridine rings is 1. The van der Waals surface area contributed by atoms with Crippen LogP contribution in [0.3, 0.4) is 0 Å². The molecule has 1 aromatic carbocycles. The van der Waals surface area contributed by atoms with Gasteiger partial charge in [0, 0.05) is 56.7 Å². The second-order valence-corrected chi connectivity index (χ2v) is 9.26. The molecule has 0 saturated heterocycles. The average molecular weight is 554 g/mol. The number of methoxy groups -OCH3 is 3. The number of aliphatic hydroxyl groups is 1. The van der Waals surface area contributed by atoms with E-state index >= 15 is 0 Å². The van der Waals surface area contributed by atoms with E-state index in [1.165, 1.54) is 11.9 Å². The minimum absolute atomic E-state index is 0.122. The number of rotatable bonds is 10. The standard InChI is InChI=1S/C24H27N7O2S.C3H8O2/c1-16-11-18(15-25-12-16)23-28-30(3)24(29-34-10-9-21-26-13-17(2)14-27-21)31(23)22-19(32-4)7-6-8-20(22)33-5;1-5-3-2-4/h6-8,11-15H,9-10H2,1-5H3;4H,2-3H2,1H3/b29-24+;. The highest BCUT2D eigenvalue weighted by Crippen LogP contribution is 2.34. The molecule has 1 N–H and O–H groups in total. The molecule has 0 atom stereocenters. The number of aliphatic hydroxyl groups excluding tert-OH is 1. The predicted molar refractivity (Wildman–Crippen MR) is 151 cm³/mol. The van der Waals surface area contributed by atoms with Crippen LogP contribution in [0.5, 0.6) is 11.5 Å². The number of benzene rings is 1. The van der Waals surface area contributed by atoms with Gasteiger partial charge in [0.1, 0.15) is 23.0 Å². The molecule has 0 aliphatic rings. The molecule has 11 nitrogen and oxygen atoms in total. The van der Waals surface area contributed by atoms with Crippen molar-refractivity contribution in [2.75, 3.05) is 40.3 Å². The second-order valence-electron chi connectivity index (χ2n) is 8.41. The fraction of sp³-hybridized carbons (Fsp3) is 0.370. The Morgan fingerprint density at radius 1 is 0.974 bits per heavy atom. The number of hydrogen-bond donors (Lipinski definition) is 1. The molecule has 0 amide bonds. The smallest absolute Gasteiger partial charge is 0.239 e. The van der Waals surface area contributed by atoms with Gasteiger partial charge in [0.05, 0.1) is 27.4 Å². The summed E-state index contributed by atoms with van der Waals surface area (Å²) in [6.45, 7) is 4.54. The number of aromatic nitrogens is 6. The first-order valence-electron chi connectivity index (χ1n) is 12.3. The summed E-state index contributed by atoms with van der Waals surface area (Å²) in [5.41, 5.74) is 4.30. The van der Waals surface area contributed by atoms with Crippen molar-refractivity contribution in [3.05, 3.63) is 71.6 Å². The van der Waals surface area contributed by atoms with Crippen molar-refractivity contribution in [1.29, 1.82) is 0 Å². The van der Waals surface area contributed by atoms with Crippen LogP contribution in [0.4, 0.5) is 0 Å². The van der Waals surface area contributed by atoms with E-state index in [-0.39, 0.29) is 6.61 Å². The van der Waals surface area contributed by atoms with Crippen molar-refractivity contribution in [3.63, 3.8) is 0 Å². The summed E-state index contributed by atoms with van der Waals surface area (Å²) in [7, 11) is 6.69. The summed E-state index contributed by atoms with van der Waals surface area (Å²) in [4.78, 5) is 13.1. The van der Waals surface area contributed by atoms with E-state index in [4.69, 9.17) is 24.1 Å². The number of para-hydroxylation sites is 1. The van der Waals surface area contributed by atoms with Gasteiger partial charge in [0.15, 0.2) is 5.82 Å². The molecular weight excluding hydrogens is 518 g/mol. The van der Waals surface area contributed by atoms with Gasteiger partial charge in [-0.05, 0) is 55.1 Å². The largest absolute Gasteiger partial charge is 0.494 e. The lowest BCUT2D eigenvalue weighted by Crippen LogP contribution is -2.24. The lowest BCUT2D eigenvalue weighted by molar-refractivity contribution is 0.135. The van der Waals surface area contributed by atoms with Crippen LogP contribution in [-0.2, 0) is 18.2 Å². The minimum Gasteiger partial charge on any atom is -0.494 e. The van der Waals surface area contributed by atoms with Gasteiger partial charge in [0.2, 0.25) is 5.62 Å². The van der Waals surface area contributed by atoms with Gasteiger partial charge in [-0.2, -0.15) is 9.50 Å². The zero-order valence-corrected chi connectivity index (χ0v) is 24.0. The van der Waals surface area contributed by atoms with Crippen LogP contribution in [0.15, 0.2) is 53.5 Å². The molecule has 4 rings (SSSR count). The van der Waals surface area contributed by atoms with Crippen molar-refractivity contribution in [2.45, 2.75) is 20.3 Å². The van der Waals surface area contributed by atoms with Crippen LogP contribution in [0.1, 0.15) is 17.0 Å². The highest BCUT2D eigenvalue weighted by molar-refractivity contribution is 7.97. The molecule has 0 unspecified atom stereocenters. The Kier molecular flexibility index (Phi) is 11.5. The third kappa shape index (κ3) is 7.88. The fourth-order valence-corrected chi connectivity index (χ4v) is 4.25. The van der Waals surface area contributed by atoms with Crippen molar-refractivity contribution in [3.8, 4) is 28.6 Å². The van der Waals surface area contributed by atoms with Crippen LogP contribution in [-0.4, -0.2) is 74.7 Å². The van der Waals surface area contributed by atoms with E-state index < -0.39 is 0 Å². The van der Waals surface area contributed by atoms with E-state index in [1.54, 1.807) is 32.2 Å². The zero-order valence-electron chi connectivity index (χ0n) is 23.2. The number of ether oxygens (including phenoxy) is 3. The maximum atomic E-state index is 7.94. The summed E-state index contributed by atoms with van der Waals surface area (Å²) in [6, 6.07) is 7.71. The Labute approximate surface area is 232 Å². The van der Waals surface area contributed by atoms with Gasteiger partial charge in [-0.3, -0.25) is 9.55 Å². The average Bonchev–Trinajstić information content (AvgIpc) is 3.27. The normalized spacial score (nSPS) is 11.2. The van der Waals surface area contributed by atoms with Gasteiger partial charge in [-0.1, -0.05) is 6.07 Å². The Bertz CT molecular complexity index is 1380. The molecule has 39 heavy (non-hydrogen) atoms. The highest BCUT2D eigenvalue weighted by atomic mass is 32.2. The Balaban J connectivity index is 0.000000771. The van der Waals surface area contributed by atoms with Crippen molar-refractivity contribution in [1.82, 2.24) is 29.3 Å². The van der Waals surface area contributed by atoms with Crippen LogP contribution in [0, 0.1) is 13.8 Å². The first kappa shape index (κ1) is 29.8. The molecule has 0 fully saturated rings. The first-order chi connectivity index (χ1) is 18.9. The highest BCUT2D eigenvalue weighted by Gasteiger charge is 2.21. The molecule has 0 spiro atoms. The molecule has 208 valence electrons.